The first kappa shape index (κ1) is 22.8. The van der Waals surface area contributed by atoms with E-state index in [0.717, 1.165) is 30.4 Å². The molecule has 2 rings (SSSR count). The van der Waals surface area contributed by atoms with Crippen LogP contribution in [0.5, 0.6) is 0 Å². The highest BCUT2D eigenvalue weighted by atomic mass is 16.6. The Bertz CT molecular complexity index is 677. The molecule has 1 aliphatic heterocycles. The van der Waals surface area contributed by atoms with Crippen molar-refractivity contribution in [3.63, 3.8) is 0 Å². The van der Waals surface area contributed by atoms with Crippen LogP contribution in [-0.2, 0) is 9.47 Å². The average Bonchev–Trinajstić information content (AvgIpc) is 2.70. The fourth-order valence-corrected chi connectivity index (χ4v) is 3.76. The number of hydrogen-bond acceptors (Lipinski definition) is 4. The maximum absolute atomic E-state index is 12.7. The number of carbonyl (C=O) groups is 2. The molecule has 2 amide bonds. The third kappa shape index (κ3) is 5.52. The normalized spacial score (nSPS) is 18.2. The van der Waals surface area contributed by atoms with Crippen LogP contribution in [-0.4, -0.2) is 47.5 Å². The number of hydrazine groups is 1. The standard InChI is InChI=1S/C23H34N2O4/c1-5-8-9-10-14-17-20-21(18(4)19-15-12-11-13-16-19)25(23(27)29-7-3)24(20)22(26)28-6-2/h11-13,15-16,20-21H,4-10,14,17H2,1-3H3/t20-,21-/m0/s1. The first-order chi connectivity index (χ1) is 14.1. The Morgan fingerprint density at radius 3 is 2.07 bits per heavy atom. The molecular formula is C23H34N2O4. The molecule has 29 heavy (non-hydrogen) atoms. The molecule has 160 valence electrons. The second-order valence-electron chi connectivity index (χ2n) is 7.19. The van der Waals surface area contributed by atoms with E-state index in [1.165, 1.54) is 29.3 Å². The van der Waals surface area contributed by atoms with Gasteiger partial charge >= 0.3 is 12.2 Å². The van der Waals surface area contributed by atoms with Crippen molar-refractivity contribution in [3.05, 3.63) is 42.5 Å². The zero-order valence-electron chi connectivity index (χ0n) is 17.9. The van der Waals surface area contributed by atoms with E-state index in [9.17, 15) is 9.59 Å². The van der Waals surface area contributed by atoms with Gasteiger partial charge in [0.15, 0.2) is 0 Å². The van der Waals surface area contributed by atoms with E-state index in [4.69, 9.17) is 9.47 Å². The van der Waals surface area contributed by atoms with Crippen molar-refractivity contribution in [1.29, 1.82) is 0 Å². The van der Waals surface area contributed by atoms with Crippen molar-refractivity contribution in [2.45, 2.75) is 71.4 Å². The molecule has 1 saturated heterocycles. The molecule has 1 heterocycles. The van der Waals surface area contributed by atoms with Gasteiger partial charge in [0.1, 0.15) is 6.04 Å². The zero-order valence-corrected chi connectivity index (χ0v) is 17.9. The Balaban J connectivity index is 2.25. The van der Waals surface area contributed by atoms with Gasteiger partial charge in [-0.3, -0.25) is 0 Å². The van der Waals surface area contributed by atoms with Gasteiger partial charge in [0.25, 0.3) is 0 Å². The number of nitrogens with zero attached hydrogens (tertiary/aromatic N) is 2. The Hall–Kier alpha value is -2.50. The fraction of sp³-hybridized carbons (Fsp3) is 0.565. The summed E-state index contributed by atoms with van der Waals surface area (Å²) in [5, 5.41) is 2.79. The number of rotatable bonds is 10. The Morgan fingerprint density at radius 1 is 0.897 bits per heavy atom. The van der Waals surface area contributed by atoms with Gasteiger partial charge in [0, 0.05) is 0 Å². The quantitative estimate of drug-likeness (QED) is 0.475. The lowest BCUT2D eigenvalue weighted by Gasteiger charge is -2.55. The van der Waals surface area contributed by atoms with Crippen molar-refractivity contribution in [3.8, 4) is 0 Å². The van der Waals surface area contributed by atoms with Gasteiger partial charge in [0.2, 0.25) is 0 Å². The van der Waals surface area contributed by atoms with Gasteiger partial charge in [-0.05, 0) is 31.4 Å². The third-order valence-corrected chi connectivity index (χ3v) is 5.19. The van der Waals surface area contributed by atoms with Gasteiger partial charge < -0.3 is 9.47 Å². The van der Waals surface area contributed by atoms with Crippen LogP contribution in [0.4, 0.5) is 9.59 Å². The lowest BCUT2D eigenvalue weighted by atomic mass is 9.86. The SMILES string of the molecule is C=C(c1ccccc1)[C@H]1[C@H](CCCCCCC)N(C(=O)OCC)N1C(=O)OCC. The van der Waals surface area contributed by atoms with Crippen LogP contribution in [0.1, 0.15) is 64.9 Å². The van der Waals surface area contributed by atoms with E-state index in [0.29, 0.717) is 0 Å². The zero-order chi connectivity index (χ0) is 21.2. The second kappa shape index (κ2) is 11.5. The summed E-state index contributed by atoms with van der Waals surface area (Å²) in [6, 6.07) is 9.26. The number of amides is 2. The van der Waals surface area contributed by atoms with Crippen LogP contribution >= 0.6 is 0 Å². The summed E-state index contributed by atoms with van der Waals surface area (Å²) < 4.78 is 10.4. The van der Waals surface area contributed by atoms with Gasteiger partial charge in [0.05, 0.1) is 19.3 Å². The number of unbranched alkanes of at least 4 members (excludes halogenated alkanes) is 4. The first-order valence-corrected chi connectivity index (χ1v) is 10.7. The summed E-state index contributed by atoms with van der Waals surface area (Å²) in [5.74, 6) is 0. The molecule has 2 atom stereocenters. The molecule has 0 bridgehead atoms. The summed E-state index contributed by atoms with van der Waals surface area (Å²) in [6.45, 7) is 10.4. The number of carbonyl (C=O) groups excluding carboxylic acids is 2. The summed E-state index contributed by atoms with van der Waals surface area (Å²) in [4.78, 5) is 25.3. The topological polar surface area (TPSA) is 59.1 Å². The first-order valence-electron chi connectivity index (χ1n) is 10.7. The molecule has 6 heteroatoms. The van der Waals surface area contributed by atoms with Crippen LogP contribution in [0, 0.1) is 0 Å². The molecule has 0 radical (unpaired) electrons. The third-order valence-electron chi connectivity index (χ3n) is 5.19. The molecule has 6 nitrogen and oxygen atoms in total. The highest BCUT2D eigenvalue weighted by Crippen LogP contribution is 2.39. The fourth-order valence-electron chi connectivity index (χ4n) is 3.76. The van der Waals surface area contributed by atoms with E-state index in [-0.39, 0.29) is 25.3 Å². The molecular weight excluding hydrogens is 368 g/mol. The van der Waals surface area contributed by atoms with E-state index >= 15 is 0 Å². The average molecular weight is 403 g/mol. The predicted molar refractivity (Wildman–Crippen MR) is 114 cm³/mol. The number of benzene rings is 1. The summed E-state index contributed by atoms with van der Waals surface area (Å²) in [6.07, 6.45) is 5.37. The van der Waals surface area contributed by atoms with Gasteiger partial charge in [-0.2, -0.15) is 0 Å². The highest BCUT2D eigenvalue weighted by Gasteiger charge is 2.54. The molecule has 0 spiro atoms. The lowest BCUT2D eigenvalue weighted by Crippen LogP contribution is -2.74. The van der Waals surface area contributed by atoms with Crippen molar-refractivity contribution in [2.75, 3.05) is 13.2 Å². The minimum atomic E-state index is -0.551. The van der Waals surface area contributed by atoms with Crippen LogP contribution in [0.25, 0.3) is 5.57 Å². The van der Waals surface area contributed by atoms with E-state index in [2.05, 4.69) is 13.5 Å². The Morgan fingerprint density at radius 2 is 1.48 bits per heavy atom. The summed E-state index contributed by atoms with van der Waals surface area (Å²) >= 11 is 0. The molecule has 1 aromatic rings. The Kier molecular flexibility index (Phi) is 9.03. The molecule has 1 aromatic carbocycles. The van der Waals surface area contributed by atoms with Crippen LogP contribution < -0.4 is 0 Å². The van der Waals surface area contributed by atoms with Crippen molar-refractivity contribution in [1.82, 2.24) is 10.0 Å². The van der Waals surface area contributed by atoms with Crippen molar-refractivity contribution >= 4 is 17.8 Å². The molecule has 0 N–H and O–H groups in total. The van der Waals surface area contributed by atoms with Gasteiger partial charge in [-0.25, -0.2) is 19.6 Å². The summed E-state index contributed by atoms with van der Waals surface area (Å²) in [5.41, 5.74) is 1.75. The lowest BCUT2D eigenvalue weighted by molar-refractivity contribution is -0.147. The predicted octanol–water partition coefficient (Wildman–Crippen LogP) is 5.64. The largest absolute Gasteiger partial charge is 0.448 e. The van der Waals surface area contributed by atoms with Crippen molar-refractivity contribution < 1.29 is 19.1 Å². The van der Waals surface area contributed by atoms with Crippen LogP contribution in [0.15, 0.2) is 36.9 Å². The number of ether oxygens (including phenoxy) is 2. The molecule has 0 aliphatic carbocycles. The van der Waals surface area contributed by atoms with Gasteiger partial charge in [-0.1, -0.05) is 75.9 Å². The second-order valence-corrected chi connectivity index (χ2v) is 7.19. The minimum absolute atomic E-state index is 0.173. The monoisotopic (exact) mass is 402 g/mol. The maximum Gasteiger partial charge on any atom is 0.429 e. The van der Waals surface area contributed by atoms with E-state index in [1.54, 1.807) is 13.8 Å². The number of hydrogen-bond donors (Lipinski definition) is 0. The smallest absolute Gasteiger partial charge is 0.429 e. The maximum atomic E-state index is 12.7. The molecule has 0 saturated carbocycles. The summed E-state index contributed by atoms with van der Waals surface area (Å²) in [7, 11) is 0. The van der Waals surface area contributed by atoms with Crippen molar-refractivity contribution in [2.24, 2.45) is 0 Å². The van der Waals surface area contributed by atoms with Crippen LogP contribution in [0.3, 0.4) is 0 Å². The van der Waals surface area contributed by atoms with Gasteiger partial charge in [-0.15, -0.1) is 0 Å². The Labute approximate surface area is 174 Å². The highest BCUT2D eigenvalue weighted by molar-refractivity contribution is 5.82. The molecule has 1 fully saturated rings. The minimum Gasteiger partial charge on any atom is -0.448 e. The molecule has 0 aromatic heterocycles. The van der Waals surface area contributed by atoms with E-state index in [1.807, 2.05) is 30.3 Å². The molecule has 1 aliphatic rings. The van der Waals surface area contributed by atoms with Crippen LogP contribution in [0.2, 0.25) is 0 Å². The molecule has 0 unspecified atom stereocenters. The van der Waals surface area contributed by atoms with E-state index < -0.39 is 12.2 Å².